The van der Waals surface area contributed by atoms with Crippen LogP contribution in [0.1, 0.15) is 32.1 Å². The summed E-state index contributed by atoms with van der Waals surface area (Å²) in [6.45, 7) is 0. The van der Waals surface area contributed by atoms with Crippen LogP contribution in [0.5, 0.6) is 5.75 Å². The van der Waals surface area contributed by atoms with E-state index in [1.165, 1.54) is 18.2 Å². The number of carbonyl (C=O) groups is 1. The first-order valence-corrected chi connectivity index (χ1v) is 11.6. The predicted molar refractivity (Wildman–Crippen MR) is 143 cm³/mol. The molecule has 0 bridgehead atoms. The molecule has 6 nitrogen and oxygen atoms in total. The van der Waals surface area contributed by atoms with Gasteiger partial charge < -0.3 is 14.7 Å². The van der Waals surface area contributed by atoms with Crippen LogP contribution in [0.3, 0.4) is 0 Å². The second-order valence-corrected chi connectivity index (χ2v) is 8.99. The van der Waals surface area contributed by atoms with E-state index < -0.39 is 11.5 Å². The van der Waals surface area contributed by atoms with Gasteiger partial charge in [-0.25, -0.2) is 9.98 Å². The number of ether oxygens (including phenoxy) is 1. The van der Waals surface area contributed by atoms with Gasteiger partial charge in [-0.3, -0.25) is 4.79 Å². The van der Waals surface area contributed by atoms with Crippen molar-refractivity contribution in [1.82, 2.24) is 0 Å². The fourth-order valence-electron chi connectivity index (χ4n) is 4.19. The zero-order chi connectivity index (χ0) is 21.8. The number of carboxylic acid groups (broad SMARTS) is 1. The van der Waals surface area contributed by atoms with E-state index >= 15 is 0 Å². The fourth-order valence-corrected chi connectivity index (χ4v) is 5.13. The van der Waals surface area contributed by atoms with Crippen LogP contribution in [0.15, 0.2) is 58.5 Å². The second kappa shape index (κ2) is 10.9. The molecule has 4 rings (SSSR count). The Kier molecular flexibility index (Phi) is 8.46. The van der Waals surface area contributed by atoms with E-state index in [2.05, 4.69) is 4.90 Å². The summed E-state index contributed by atoms with van der Waals surface area (Å²) < 4.78 is 5.32. The molecule has 0 atom stereocenters. The molecule has 0 unspecified atom stereocenters. The van der Waals surface area contributed by atoms with Gasteiger partial charge in [0.1, 0.15) is 11.3 Å². The molecular weight excluding hydrogens is 561 g/mol. The SMILES string of the molecule is COc1ccc(N2C(SCC(=O)O)=NC(=Nc3ccc(Cl)cc3)C23CCCCC3)cc1.I. The van der Waals surface area contributed by atoms with Gasteiger partial charge in [0.05, 0.1) is 18.6 Å². The number of hydrogen-bond acceptors (Lipinski definition) is 5. The van der Waals surface area contributed by atoms with Gasteiger partial charge in [0, 0.05) is 10.7 Å². The highest BCUT2D eigenvalue weighted by Crippen LogP contribution is 2.44. The normalized spacial score (nSPS) is 18.4. The average Bonchev–Trinajstić information content (AvgIpc) is 3.06. The summed E-state index contributed by atoms with van der Waals surface area (Å²) in [4.78, 5) is 23.3. The maximum atomic E-state index is 11.3. The number of aliphatic carboxylic acids is 1. The molecule has 0 aromatic heterocycles. The lowest BCUT2D eigenvalue weighted by Crippen LogP contribution is -2.52. The van der Waals surface area contributed by atoms with Gasteiger partial charge in [-0.05, 0) is 61.4 Å². The van der Waals surface area contributed by atoms with E-state index in [0.717, 1.165) is 48.6 Å². The van der Waals surface area contributed by atoms with Crippen LogP contribution in [0.25, 0.3) is 0 Å². The lowest BCUT2D eigenvalue weighted by atomic mass is 9.79. The number of carboxylic acids is 1. The summed E-state index contributed by atoms with van der Waals surface area (Å²) in [7, 11) is 1.64. The Morgan fingerprint density at radius 3 is 2.41 bits per heavy atom. The van der Waals surface area contributed by atoms with Crippen LogP contribution in [0, 0.1) is 0 Å². The monoisotopic (exact) mass is 585 g/mol. The zero-order valence-corrected chi connectivity index (χ0v) is 21.6. The molecule has 1 aliphatic carbocycles. The molecule has 1 N–H and O–H groups in total. The quantitative estimate of drug-likeness (QED) is 0.412. The van der Waals surface area contributed by atoms with Crippen LogP contribution in [0.4, 0.5) is 11.4 Å². The summed E-state index contributed by atoms with van der Waals surface area (Å²) in [5.41, 5.74) is 1.35. The van der Waals surface area contributed by atoms with Gasteiger partial charge >= 0.3 is 5.97 Å². The second-order valence-electron chi connectivity index (χ2n) is 7.61. The standard InChI is InChI=1S/C23H24ClN3O3S.HI/c1-30-19-11-9-18(10-12-19)27-22(31-15-20(28)29)26-21(23(27)13-3-2-4-14-23)25-17-7-5-16(24)6-8-17;/h5-12H,2-4,13-15H2,1H3,(H,28,29);1H. The third-order valence-corrected chi connectivity index (χ3v) is 6.81. The van der Waals surface area contributed by atoms with Crippen molar-refractivity contribution >= 4 is 75.7 Å². The largest absolute Gasteiger partial charge is 0.497 e. The van der Waals surface area contributed by atoms with E-state index in [0.29, 0.717) is 10.2 Å². The van der Waals surface area contributed by atoms with Crippen molar-refractivity contribution in [2.24, 2.45) is 9.98 Å². The maximum absolute atomic E-state index is 11.3. The fraction of sp³-hybridized carbons (Fsp3) is 0.348. The average molecular weight is 586 g/mol. The molecule has 0 saturated heterocycles. The smallest absolute Gasteiger partial charge is 0.313 e. The number of thioether (sulfide) groups is 1. The molecule has 1 fully saturated rings. The summed E-state index contributed by atoms with van der Waals surface area (Å²) in [6, 6.07) is 15.2. The molecule has 1 aliphatic heterocycles. The third kappa shape index (κ3) is 5.23. The minimum absolute atomic E-state index is 0. The topological polar surface area (TPSA) is 74.5 Å². The Labute approximate surface area is 214 Å². The van der Waals surface area contributed by atoms with Gasteiger partial charge in [0.25, 0.3) is 0 Å². The van der Waals surface area contributed by atoms with E-state index in [-0.39, 0.29) is 29.7 Å². The molecule has 1 heterocycles. The van der Waals surface area contributed by atoms with Gasteiger partial charge in [-0.15, -0.1) is 24.0 Å². The first-order valence-electron chi connectivity index (χ1n) is 10.2. The minimum Gasteiger partial charge on any atom is -0.497 e. The van der Waals surface area contributed by atoms with E-state index in [9.17, 15) is 9.90 Å². The molecule has 2 aliphatic rings. The van der Waals surface area contributed by atoms with Crippen molar-refractivity contribution in [3.63, 3.8) is 0 Å². The number of hydrogen-bond donors (Lipinski definition) is 1. The molecular formula is C23H25ClIN3O3S. The Balaban J connectivity index is 0.00000289. The van der Waals surface area contributed by atoms with Crippen LogP contribution in [0.2, 0.25) is 5.02 Å². The molecule has 170 valence electrons. The highest BCUT2D eigenvalue weighted by molar-refractivity contribution is 14.0. The van der Waals surface area contributed by atoms with Gasteiger partial charge in [-0.1, -0.05) is 42.6 Å². The number of amidine groups is 2. The molecule has 2 aromatic rings. The predicted octanol–water partition coefficient (Wildman–Crippen LogP) is 6.39. The minimum atomic E-state index is -0.872. The molecule has 2 aromatic carbocycles. The van der Waals surface area contributed by atoms with Crippen LogP contribution >= 0.6 is 47.3 Å². The van der Waals surface area contributed by atoms with Crippen molar-refractivity contribution in [2.45, 2.75) is 37.6 Å². The van der Waals surface area contributed by atoms with Crippen molar-refractivity contribution in [3.8, 4) is 5.75 Å². The lowest BCUT2D eigenvalue weighted by molar-refractivity contribution is -0.133. The van der Waals surface area contributed by atoms with E-state index in [4.69, 9.17) is 26.3 Å². The number of methoxy groups -OCH3 is 1. The first-order chi connectivity index (χ1) is 15.0. The highest BCUT2D eigenvalue weighted by atomic mass is 127. The summed E-state index contributed by atoms with van der Waals surface area (Å²) in [5.74, 6) is 0.573. The van der Waals surface area contributed by atoms with Crippen molar-refractivity contribution in [1.29, 1.82) is 0 Å². The van der Waals surface area contributed by atoms with Gasteiger partial charge in [-0.2, -0.15) is 0 Å². The molecule has 1 saturated carbocycles. The third-order valence-electron chi connectivity index (χ3n) is 5.63. The number of rotatable bonds is 5. The van der Waals surface area contributed by atoms with Crippen LogP contribution < -0.4 is 9.64 Å². The summed E-state index contributed by atoms with van der Waals surface area (Å²) in [5, 5.41) is 10.6. The molecule has 9 heteroatoms. The highest BCUT2D eigenvalue weighted by Gasteiger charge is 2.49. The number of nitrogens with zero attached hydrogens (tertiary/aromatic N) is 3. The van der Waals surface area contributed by atoms with Crippen molar-refractivity contribution in [3.05, 3.63) is 53.6 Å². The van der Waals surface area contributed by atoms with Gasteiger partial charge in [0.2, 0.25) is 0 Å². The first kappa shape index (κ1) is 24.9. The molecule has 0 radical (unpaired) electrons. The lowest BCUT2D eigenvalue weighted by Gasteiger charge is -2.42. The Hall–Kier alpha value is -1.78. The zero-order valence-electron chi connectivity index (χ0n) is 17.7. The Bertz CT molecular complexity index is 1010. The molecule has 1 spiro atoms. The van der Waals surface area contributed by atoms with Crippen molar-refractivity contribution < 1.29 is 14.6 Å². The summed E-state index contributed by atoms with van der Waals surface area (Å²) in [6.07, 6.45) is 5.12. The number of anilines is 1. The molecule has 0 amide bonds. The van der Waals surface area contributed by atoms with Crippen molar-refractivity contribution in [2.75, 3.05) is 17.8 Å². The number of aliphatic imine (C=N–C) groups is 2. The number of benzene rings is 2. The van der Waals surface area contributed by atoms with Crippen LogP contribution in [-0.4, -0.2) is 40.5 Å². The van der Waals surface area contributed by atoms with E-state index in [1.807, 2.05) is 48.5 Å². The number of halogens is 2. The summed E-state index contributed by atoms with van der Waals surface area (Å²) >= 11 is 7.27. The Morgan fingerprint density at radius 1 is 1.16 bits per heavy atom. The van der Waals surface area contributed by atoms with Gasteiger partial charge in [0.15, 0.2) is 11.0 Å². The maximum Gasteiger partial charge on any atom is 0.313 e. The molecule has 32 heavy (non-hydrogen) atoms. The van der Waals surface area contributed by atoms with E-state index in [1.54, 1.807) is 7.11 Å². The van der Waals surface area contributed by atoms with Crippen LogP contribution in [-0.2, 0) is 4.79 Å². The Morgan fingerprint density at radius 2 is 1.81 bits per heavy atom.